The number of hydrogen-bond donors (Lipinski definition) is 2. The van der Waals surface area contributed by atoms with Crippen molar-refractivity contribution in [2.75, 3.05) is 5.32 Å². The summed E-state index contributed by atoms with van der Waals surface area (Å²) in [6, 6.07) is 7.30. The lowest BCUT2D eigenvalue weighted by Gasteiger charge is -2.14. The van der Waals surface area contributed by atoms with Crippen molar-refractivity contribution in [3.8, 4) is 10.6 Å². The summed E-state index contributed by atoms with van der Waals surface area (Å²) >= 11 is 1.30. The van der Waals surface area contributed by atoms with Crippen molar-refractivity contribution >= 4 is 28.3 Å². The Morgan fingerprint density at radius 1 is 1.04 bits per heavy atom. The summed E-state index contributed by atoms with van der Waals surface area (Å²) in [7, 11) is 0. The molecule has 0 aliphatic heterocycles. The van der Waals surface area contributed by atoms with Crippen LogP contribution in [0.1, 0.15) is 26.3 Å². The number of aryl methyl sites for hydroxylation is 1. The van der Waals surface area contributed by atoms with Crippen molar-refractivity contribution in [3.05, 3.63) is 29.8 Å². The van der Waals surface area contributed by atoms with Crippen LogP contribution >= 0.6 is 11.3 Å². The molecule has 2 rings (SSSR count). The van der Waals surface area contributed by atoms with Crippen molar-refractivity contribution in [1.29, 1.82) is 0 Å². The molecule has 23 heavy (non-hydrogen) atoms. The highest BCUT2D eigenvalue weighted by Crippen LogP contribution is 2.26. The Kier molecular flexibility index (Phi) is 5.44. The van der Waals surface area contributed by atoms with E-state index in [1.165, 1.54) is 16.9 Å². The fourth-order valence-electron chi connectivity index (χ4n) is 1.75. The average Bonchev–Trinajstić information content (AvgIpc) is 2.96. The number of hydrogen-bond acceptors (Lipinski definition) is 5. The largest absolute Gasteiger partial charge is 0.344 e. The molecule has 0 aliphatic carbocycles. The molecule has 2 N–H and O–H groups in total. The first-order chi connectivity index (χ1) is 10.9. The van der Waals surface area contributed by atoms with E-state index in [-0.39, 0.29) is 17.7 Å². The van der Waals surface area contributed by atoms with Crippen molar-refractivity contribution in [1.82, 2.24) is 15.5 Å². The third-order valence-electron chi connectivity index (χ3n) is 3.23. The molecule has 1 heterocycles. The van der Waals surface area contributed by atoms with Gasteiger partial charge in [-0.3, -0.25) is 14.9 Å². The number of amides is 2. The predicted octanol–water partition coefficient (Wildman–Crippen LogP) is 2.61. The summed E-state index contributed by atoms with van der Waals surface area (Å²) < 4.78 is 0. The van der Waals surface area contributed by atoms with Gasteiger partial charge in [-0.25, -0.2) is 0 Å². The Bertz CT molecular complexity index is 694. The van der Waals surface area contributed by atoms with E-state index in [9.17, 15) is 9.59 Å². The number of rotatable bonds is 5. The Balaban J connectivity index is 1.99. The Labute approximate surface area is 139 Å². The van der Waals surface area contributed by atoms with Crippen molar-refractivity contribution in [2.45, 2.75) is 33.7 Å². The van der Waals surface area contributed by atoms with Crippen LogP contribution in [0.3, 0.4) is 0 Å². The molecule has 0 spiro atoms. The monoisotopic (exact) mass is 332 g/mol. The van der Waals surface area contributed by atoms with Crippen LogP contribution < -0.4 is 10.6 Å². The van der Waals surface area contributed by atoms with E-state index < -0.39 is 6.04 Å². The molecule has 2 aromatic rings. The Morgan fingerprint density at radius 3 is 2.30 bits per heavy atom. The van der Waals surface area contributed by atoms with Gasteiger partial charge in [-0.05, 0) is 13.8 Å². The molecule has 0 saturated carbocycles. The van der Waals surface area contributed by atoms with Crippen LogP contribution in [0.5, 0.6) is 0 Å². The zero-order valence-corrected chi connectivity index (χ0v) is 14.4. The normalized spacial score (nSPS) is 12.0. The van der Waals surface area contributed by atoms with E-state index in [0.29, 0.717) is 5.13 Å². The van der Waals surface area contributed by atoms with Gasteiger partial charge in [-0.2, -0.15) is 0 Å². The quantitative estimate of drug-likeness (QED) is 0.881. The van der Waals surface area contributed by atoms with Crippen molar-refractivity contribution in [2.24, 2.45) is 5.92 Å². The van der Waals surface area contributed by atoms with Crippen molar-refractivity contribution < 1.29 is 9.59 Å². The maximum absolute atomic E-state index is 12.1. The van der Waals surface area contributed by atoms with Gasteiger partial charge in [-0.1, -0.05) is 55.0 Å². The summed E-state index contributed by atoms with van der Waals surface area (Å²) in [5.41, 5.74) is 2.12. The molecule has 7 heteroatoms. The van der Waals surface area contributed by atoms with E-state index in [0.717, 1.165) is 10.6 Å². The molecule has 0 fully saturated rings. The number of anilines is 1. The van der Waals surface area contributed by atoms with E-state index in [4.69, 9.17) is 0 Å². The third-order valence-corrected chi connectivity index (χ3v) is 4.12. The molecule has 1 aromatic carbocycles. The second kappa shape index (κ2) is 7.32. The van der Waals surface area contributed by atoms with Crippen LogP contribution in [0.15, 0.2) is 24.3 Å². The minimum atomic E-state index is -0.628. The number of carbonyl (C=O) groups excluding carboxylic acids is 2. The second-order valence-electron chi connectivity index (χ2n) is 5.65. The topological polar surface area (TPSA) is 84.0 Å². The highest BCUT2D eigenvalue weighted by atomic mass is 32.1. The minimum Gasteiger partial charge on any atom is -0.344 e. The van der Waals surface area contributed by atoms with E-state index >= 15 is 0 Å². The zero-order valence-electron chi connectivity index (χ0n) is 13.6. The summed E-state index contributed by atoms with van der Waals surface area (Å²) in [6.07, 6.45) is 0. The zero-order chi connectivity index (χ0) is 17.0. The van der Waals surface area contributed by atoms with Crippen LogP contribution in [0, 0.1) is 12.8 Å². The lowest BCUT2D eigenvalue weighted by atomic mass is 10.2. The highest BCUT2D eigenvalue weighted by molar-refractivity contribution is 7.18. The average molecular weight is 332 g/mol. The maximum atomic E-state index is 12.1. The molecule has 1 atom stereocenters. The molecule has 122 valence electrons. The fourth-order valence-corrected chi connectivity index (χ4v) is 2.50. The van der Waals surface area contributed by atoms with Gasteiger partial charge in [0.1, 0.15) is 11.0 Å². The van der Waals surface area contributed by atoms with Crippen LogP contribution in [-0.2, 0) is 9.59 Å². The summed E-state index contributed by atoms with van der Waals surface area (Å²) in [5.74, 6) is -0.643. The van der Waals surface area contributed by atoms with Crippen LogP contribution in [0.4, 0.5) is 5.13 Å². The molecule has 0 radical (unpaired) electrons. The Morgan fingerprint density at radius 2 is 1.70 bits per heavy atom. The van der Waals surface area contributed by atoms with Crippen LogP contribution in [0.25, 0.3) is 10.6 Å². The SMILES string of the molecule is Cc1ccc(-c2nnc(NC(=O)[C@H](C)NC(=O)C(C)C)s2)cc1. The summed E-state index contributed by atoms with van der Waals surface area (Å²) in [6.45, 7) is 7.21. The van der Waals surface area contributed by atoms with Gasteiger partial charge in [0.25, 0.3) is 0 Å². The summed E-state index contributed by atoms with van der Waals surface area (Å²) in [5, 5.41) is 14.5. The standard InChI is InChI=1S/C16H20N4O2S/c1-9(2)13(21)17-11(4)14(22)18-16-20-19-15(23-16)12-7-5-10(3)6-8-12/h5-9,11H,1-4H3,(H,17,21)(H,18,20,22)/t11-/m0/s1. The number of benzene rings is 1. The number of aromatic nitrogens is 2. The molecular formula is C16H20N4O2S. The van der Waals surface area contributed by atoms with Gasteiger partial charge in [0.15, 0.2) is 0 Å². The first-order valence-corrected chi connectivity index (χ1v) is 8.20. The lowest BCUT2D eigenvalue weighted by Crippen LogP contribution is -2.43. The summed E-state index contributed by atoms with van der Waals surface area (Å²) in [4.78, 5) is 23.7. The van der Waals surface area contributed by atoms with Gasteiger partial charge in [-0.15, -0.1) is 10.2 Å². The van der Waals surface area contributed by atoms with Crippen LogP contribution in [0.2, 0.25) is 0 Å². The fraction of sp³-hybridized carbons (Fsp3) is 0.375. The maximum Gasteiger partial charge on any atom is 0.248 e. The van der Waals surface area contributed by atoms with Gasteiger partial charge < -0.3 is 5.32 Å². The third kappa shape index (κ3) is 4.59. The Hall–Kier alpha value is -2.28. The smallest absolute Gasteiger partial charge is 0.248 e. The molecular weight excluding hydrogens is 312 g/mol. The minimum absolute atomic E-state index is 0.162. The molecule has 0 bridgehead atoms. The van der Waals surface area contributed by atoms with Crippen molar-refractivity contribution in [3.63, 3.8) is 0 Å². The predicted molar refractivity (Wildman–Crippen MR) is 91.2 cm³/mol. The molecule has 0 aliphatic rings. The molecule has 0 saturated heterocycles. The van der Waals surface area contributed by atoms with Gasteiger partial charge >= 0.3 is 0 Å². The van der Waals surface area contributed by atoms with E-state index in [2.05, 4.69) is 20.8 Å². The molecule has 2 amide bonds. The second-order valence-corrected chi connectivity index (χ2v) is 6.63. The number of nitrogens with zero attached hydrogens (tertiary/aromatic N) is 2. The van der Waals surface area contributed by atoms with E-state index in [1.54, 1.807) is 20.8 Å². The van der Waals surface area contributed by atoms with Gasteiger partial charge in [0, 0.05) is 11.5 Å². The van der Waals surface area contributed by atoms with Crippen LogP contribution in [-0.4, -0.2) is 28.1 Å². The molecule has 0 unspecified atom stereocenters. The molecule has 6 nitrogen and oxygen atoms in total. The highest BCUT2D eigenvalue weighted by Gasteiger charge is 2.19. The molecule has 1 aromatic heterocycles. The van der Waals surface area contributed by atoms with E-state index in [1.807, 2.05) is 31.2 Å². The first-order valence-electron chi connectivity index (χ1n) is 7.38. The number of carbonyl (C=O) groups is 2. The first kappa shape index (κ1) is 17.1. The van der Waals surface area contributed by atoms with Gasteiger partial charge in [0.05, 0.1) is 0 Å². The van der Waals surface area contributed by atoms with Gasteiger partial charge in [0.2, 0.25) is 16.9 Å². The lowest BCUT2D eigenvalue weighted by molar-refractivity contribution is -0.128. The number of nitrogens with one attached hydrogen (secondary N) is 2.